The molecule has 160 valence electrons. The van der Waals surface area contributed by atoms with Gasteiger partial charge in [-0.25, -0.2) is 4.79 Å². The number of nitrogens with two attached hydrogens (primary N) is 1. The van der Waals surface area contributed by atoms with Crippen LogP contribution in [-0.4, -0.2) is 64.7 Å². The number of hydrogen-bond acceptors (Lipinski definition) is 6. The summed E-state index contributed by atoms with van der Waals surface area (Å²) in [6.45, 7) is 2.49. The molecule has 10 nitrogen and oxygen atoms in total. The van der Waals surface area contributed by atoms with E-state index in [2.05, 4.69) is 16.0 Å². The quantitative estimate of drug-likeness (QED) is 0.259. The number of carbonyl (C=O) groups excluding carboxylic acids is 3. The summed E-state index contributed by atoms with van der Waals surface area (Å²) in [4.78, 5) is 48.0. The molecule has 1 aromatic carbocycles. The molecule has 0 fully saturated rings. The second-order valence-corrected chi connectivity index (χ2v) is 6.68. The first kappa shape index (κ1) is 24.1. The monoisotopic (exact) mass is 408 g/mol. The highest BCUT2D eigenvalue weighted by Gasteiger charge is 2.28. The number of carbonyl (C=O) groups is 4. The van der Waals surface area contributed by atoms with E-state index in [1.165, 1.54) is 13.8 Å². The van der Waals surface area contributed by atoms with Gasteiger partial charge in [-0.1, -0.05) is 30.3 Å². The Morgan fingerprint density at radius 1 is 0.931 bits per heavy atom. The predicted octanol–water partition coefficient (Wildman–Crippen LogP) is -1.48. The lowest BCUT2D eigenvalue weighted by Gasteiger charge is -2.23. The Morgan fingerprint density at radius 3 is 2.03 bits per heavy atom. The maximum atomic E-state index is 12.6. The molecule has 0 aliphatic carbocycles. The predicted molar refractivity (Wildman–Crippen MR) is 105 cm³/mol. The molecular weight excluding hydrogens is 380 g/mol. The molecule has 0 unspecified atom stereocenters. The van der Waals surface area contributed by atoms with E-state index < -0.39 is 54.5 Å². The Kier molecular flexibility index (Phi) is 9.76. The van der Waals surface area contributed by atoms with Crippen LogP contribution in [0.4, 0.5) is 0 Å². The van der Waals surface area contributed by atoms with Gasteiger partial charge in [0.15, 0.2) is 0 Å². The maximum Gasteiger partial charge on any atom is 0.326 e. The molecule has 0 aliphatic rings. The number of hydrogen-bond donors (Lipinski definition) is 6. The summed E-state index contributed by atoms with van der Waals surface area (Å²) in [5.74, 6) is -3.15. The second kappa shape index (κ2) is 11.8. The number of carboxylic acids is 1. The number of benzene rings is 1. The Bertz CT molecular complexity index is 710. The van der Waals surface area contributed by atoms with Crippen LogP contribution < -0.4 is 21.7 Å². The number of amides is 3. The van der Waals surface area contributed by atoms with Crippen LogP contribution in [0.5, 0.6) is 0 Å². The summed E-state index contributed by atoms with van der Waals surface area (Å²) in [5.41, 5.74) is 6.21. The SMILES string of the molecule is C[C@H](N)C(=O)N[C@@H](C)C(=O)N[C@@H](Cc1ccccc1)C(=O)N[C@@H](CCO)C(=O)O. The van der Waals surface area contributed by atoms with Crippen molar-refractivity contribution in [2.75, 3.05) is 6.61 Å². The third kappa shape index (κ3) is 8.28. The molecule has 4 atom stereocenters. The van der Waals surface area contributed by atoms with Gasteiger partial charge in [-0.3, -0.25) is 14.4 Å². The van der Waals surface area contributed by atoms with Gasteiger partial charge in [0, 0.05) is 19.4 Å². The normalized spacial score (nSPS) is 14.8. The van der Waals surface area contributed by atoms with Gasteiger partial charge >= 0.3 is 5.97 Å². The Labute approximate surface area is 168 Å². The minimum Gasteiger partial charge on any atom is -0.480 e. The molecule has 0 heterocycles. The average Bonchev–Trinajstić information content (AvgIpc) is 2.67. The third-order valence-corrected chi connectivity index (χ3v) is 4.11. The van der Waals surface area contributed by atoms with Gasteiger partial charge in [-0.05, 0) is 19.4 Å². The molecule has 1 rings (SSSR count). The summed E-state index contributed by atoms with van der Waals surface area (Å²) in [7, 11) is 0. The fourth-order valence-corrected chi connectivity index (χ4v) is 2.42. The molecule has 7 N–H and O–H groups in total. The second-order valence-electron chi connectivity index (χ2n) is 6.68. The first-order chi connectivity index (χ1) is 13.6. The minimum absolute atomic E-state index is 0.109. The molecule has 0 spiro atoms. The molecule has 10 heteroatoms. The fraction of sp³-hybridized carbons (Fsp3) is 0.474. The van der Waals surface area contributed by atoms with Gasteiger partial charge in [0.05, 0.1) is 6.04 Å². The molecular formula is C19H28N4O6. The van der Waals surface area contributed by atoms with Crippen molar-refractivity contribution in [1.29, 1.82) is 0 Å². The lowest BCUT2D eigenvalue weighted by Crippen LogP contribution is -2.56. The van der Waals surface area contributed by atoms with E-state index in [0.717, 1.165) is 5.56 Å². The summed E-state index contributed by atoms with van der Waals surface area (Å²) >= 11 is 0. The highest BCUT2D eigenvalue weighted by Crippen LogP contribution is 2.05. The molecule has 1 aromatic rings. The highest BCUT2D eigenvalue weighted by atomic mass is 16.4. The van der Waals surface area contributed by atoms with Crippen LogP contribution in [-0.2, 0) is 25.6 Å². The summed E-state index contributed by atoms with van der Waals surface area (Å²) in [5, 5.41) is 25.4. The van der Waals surface area contributed by atoms with Gasteiger partial charge in [-0.15, -0.1) is 0 Å². The van der Waals surface area contributed by atoms with Crippen LogP contribution in [0.25, 0.3) is 0 Å². The summed E-state index contributed by atoms with van der Waals surface area (Å²) in [6.07, 6.45) is -0.0637. The average molecular weight is 408 g/mol. The fourth-order valence-electron chi connectivity index (χ4n) is 2.42. The minimum atomic E-state index is -1.30. The number of carboxylic acid groups (broad SMARTS) is 1. The summed E-state index contributed by atoms with van der Waals surface area (Å²) < 4.78 is 0. The highest BCUT2D eigenvalue weighted by molar-refractivity contribution is 5.93. The van der Waals surface area contributed by atoms with E-state index >= 15 is 0 Å². The smallest absolute Gasteiger partial charge is 0.326 e. The molecule has 3 amide bonds. The van der Waals surface area contributed by atoms with E-state index in [0.29, 0.717) is 0 Å². The van der Waals surface area contributed by atoms with Crippen LogP contribution in [0.1, 0.15) is 25.8 Å². The van der Waals surface area contributed by atoms with Crippen molar-refractivity contribution in [1.82, 2.24) is 16.0 Å². The van der Waals surface area contributed by atoms with Crippen LogP contribution in [0, 0.1) is 0 Å². The van der Waals surface area contributed by atoms with Gasteiger partial charge < -0.3 is 31.9 Å². The lowest BCUT2D eigenvalue weighted by atomic mass is 10.0. The third-order valence-electron chi connectivity index (χ3n) is 4.11. The van der Waals surface area contributed by atoms with Crippen LogP contribution in [0.3, 0.4) is 0 Å². The zero-order valence-corrected chi connectivity index (χ0v) is 16.4. The Morgan fingerprint density at radius 2 is 1.52 bits per heavy atom. The number of nitrogens with one attached hydrogen (secondary N) is 3. The molecule has 0 radical (unpaired) electrons. The number of aliphatic hydroxyl groups is 1. The van der Waals surface area contributed by atoms with Crippen LogP contribution in [0.2, 0.25) is 0 Å². The van der Waals surface area contributed by atoms with Crippen molar-refractivity contribution < 1.29 is 29.4 Å². The van der Waals surface area contributed by atoms with E-state index in [9.17, 15) is 24.3 Å². The molecule has 0 aromatic heterocycles. The standard InChI is InChI=1S/C19H28N4O6/c1-11(20)16(25)21-12(2)17(26)23-15(10-13-6-4-3-5-7-13)18(27)22-14(8-9-24)19(28)29/h3-7,11-12,14-15,24H,8-10,20H2,1-2H3,(H,21,25)(H,22,27)(H,23,26)(H,28,29)/t11-,12-,14-,15-/m0/s1. The number of aliphatic hydroxyl groups excluding tert-OH is 1. The topological polar surface area (TPSA) is 171 Å². The summed E-state index contributed by atoms with van der Waals surface area (Å²) in [6, 6.07) is 4.72. The molecule has 0 bridgehead atoms. The van der Waals surface area contributed by atoms with Gasteiger partial charge in [0.2, 0.25) is 17.7 Å². The van der Waals surface area contributed by atoms with Crippen molar-refractivity contribution >= 4 is 23.7 Å². The van der Waals surface area contributed by atoms with Crippen molar-refractivity contribution in [2.45, 2.75) is 50.9 Å². The first-order valence-corrected chi connectivity index (χ1v) is 9.20. The molecule has 0 aliphatic heterocycles. The van der Waals surface area contributed by atoms with Gasteiger partial charge in [0.25, 0.3) is 0 Å². The Balaban J connectivity index is 2.92. The maximum absolute atomic E-state index is 12.6. The molecule has 0 saturated heterocycles. The number of aliphatic carboxylic acids is 1. The van der Waals surface area contributed by atoms with Crippen molar-refractivity contribution in [3.63, 3.8) is 0 Å². The van der Waals surface area contributed by atoms with Gasteiger partial charge in [0.1, 0.15) is 18.1 Å². The van der Waals surface area contributed by atoms with Gasteiger partial charge in [-0.2, -0.15) is 0 Å². The lowest BCUT2D eigenvalue weighted by molar-refractivity contribution is -0.142. The zero-order chi connectivity index (χ0) is 22.0. The molecule has 0 saturated carbocycles. The van der Waals surface area contributed by atoms with Crippen molar-refractivity contribution in [3.8, 4) is 0 Å². The van der Waals surface area contributed by atoms with E-state index in [1.54, 1.807) is 30.3 Å². The number of rotatable bonds is 11. The van der Waals surface area contributed by atoms with Crippen molar-refractivity contribution in [3.05, 3.63) is 35.9 Å². The van der Waals surface area contributed by atoms with Crippen molar-refractivity contribution in [2.24, 2.45) is 5.73 Å². The van der Waals surface area contributed by atoms with Crippen LogP contribution >= 0.6 is 0 Å². The van der Waals surface area contributed by atoms with E-state index in [1.807, 2.05) is 0 Å². The first-order valence-electron chi connectivity index (χ1n) is 9.20. The Hall–Kier alpha value is -2.98. The van der Waals surface area contributed by atoms with E-state index in [-0.39, 0.29) is 12.8 Å². The van der Waals surface area contributed by atoms with E-state index in [4.69, 9.17) is 10.8 Å². The molecule has 29 heavy (non-hydrogen) atoms. The zero-order valence-electron chi connectivity index (χ0n) is 16.4. The largest absolute Gasteiger partial charge is 0.480 e. The van der Waals surface area contributed by atoms with Crippen LogP contribution in [0.15, 0.2) is 30.3 Å².